The van der Waals surface area contributed by atoms with E-state index >= 15 is 0 Å². The predicted octanol–water partition coefficient (Wildman–Crippen LogP) is 3.62. The molecule has 0 bridgehead atoms. The minimum absolute atomic E-state index is 0.282. The summed E-state index contributed by atoms with van der Waals surface area (Å²) >= 11 is 0. The number of fused-ring (bicyclic) bond motifs is 2. The van der Waals surface area contributed by atoms with Crippen LogP contribution >= 0.6 is 0 Å². The van der Waals surface area contributed by atoms with Gasteiger partial charge < -0.3 is 0 Å². The first-order valence-corrected chi connectivity index (χ1v) is 8.34. The van der Waals surface area contributed by atoms with Crippen LogP contribution in [0.4, 0.5) is 0 Å². The quantitative estimate of drug-likeness (QED) is 0.834. The van der Waals surface area contributed by atoms with Crippen molar-refractivity contribution in [2.45, 2.75) is 31.5 Å². The first-order valence-electron chi connectivity index (χ1n) is 8.34. The molecule has 2 aromatic rings. The number of likely N-dealkylation sites (tertiary alicyclic amines) is 1. The third-order valence-corrected chi connectivity index (χ3v) is 5.59. The Morgan fingerprint density at radius 3 is 2.36 bits per heavy atom. The minimum Gasteiger partial charge on any atom is -0.299 e. The third-order valence-electron chi connectivity index (χ3n) is 5.59. The third kappa shape index (κ3) is 2.27. The molecule has 0 radical (unpaired) electrons. The predicted molar refractivity (Wildman–Crippen MR) is 90.5 cm³/mol. The van der Waals surface area contributed by atoms with Crippen LogP contribution in [-0.4, -0.2) is 29.9 Å². The zero-order valence-corrected chi connectivity index (χ0v) is 13.3. The number of piperidine rings is 1. The minimum atomic E-state index is 0.282. The van der Waals surface area contributed by atoms with E-state index < -0.39 is 0 Å². The van der Waals surface area contributed by atoms with Gasteiger partial charge in [0.05, 0.1) is 0 Å². The standard InChI is InChI=1S/C20H24N2/c1-21-16-18-9-5-6-10-19(18)20(21)11-13-22(14-12-20)15-17-7-3-2-4-8-17/h2-10H,11-16H2,1H3. The van der Waals surface area contributed by atoms with Crippen LogP contribution in [-0.2, 0) is 18.6 Å². The fourth-order valence-electron chi connectivity index (χ4n) is 4.30. The van der Waals surface area contributed by atoms with Gasteiger partial charge in [-0.1, -0.05) is 54.6 Å². The molecule has 0 atom stereocenters. The highest BCUT2D eigenvalue weighted by Gasteiger charge is 2.44. The van der Waals surface area contributed by atoms with Gasteiger partial charge in [-0.15, -0.1) is 0 Å². The molecule has 2 heteroatoms. The van der Waals surface area contributed by atoms with Crippen molar-refractivity contribution in [2.24, 2.45) is 0 Å². The van der Waals surface area contributed by atoms with Crippen molar-refractivity contribution < 1.29 is 0 Å². The van der Waals surface area contributed by atoms with Gasteiger partial charge in [0, 0.05) is 31.7 Å². The second-order valence-electron chi connectivity index (χ2n) is 6.81. The van der Waals surface area contributed by atoms with Gasteiger partial charge in [-0.2, -0.15) is 0 Å². The van der Waals surface area contributed by atoms with Gasteiger partial charge in [0.25, 0.3) is 0 Å². The molecule has 0 saturated carbocycles. The lowest BCUT2D eigenvalue weighted by atomic mass is 9.81. The normalized spacial score (nSPS) is 21.1. The van der Waals surface area contributed by atoms with E-state index in [2.05, 4.69) is 71.4 Å². The largest absolute Gasteiger partial charge is 0.299 e. The van der Waals surface area contributed by atoms with Gasteiger partial charge in [-0.05, 0) is 36.6 Å². The average molecular weight is 292 g/mol. The SMILES string of the molecule is CN1Cc2ccccc2C12CCN(Cc1ccccc1)CC2. The molecule has 2 nitrogen and oxygen atoms in total. The summed E-state index contributed by atoms with van der Waals surface area (Å²) in [4.78, 5) is 5.19. The van der Waals surface area contributed by atoms with Crippen molar-refractivity contribution in [1.82, 2.24) is 9.80 Å². The molecule has 1 spiro atoms. The van der Waals surface area contributed by atoms with Crippen molar-refractivity contribution in [3.8, 4) is 0 Å². The molecule has 0 amide bonds. The monoisotopic (exact) mass is 292 g/mol. The van der Waals surface area contributed by atoms with Crippen LogP contribution in [0.15, 0.2) is 54.6 Å². The van der Waals surface area contributed by atoms with E-state index in [0.29, 0.717) is 0 Å². The topological polar surface area (TPSA) is 6.48 Å². The molecule has 2 aliphatic rings. The fourth-order valence-corrected chi connectivity index (χ4v) is 4.30. The van der Waals surface area contributed by atoms with Crippen LogP contribution in [0, 0.1) is 0 Å². The van der Waals surface area contributed by atoms with Crippen molar-refractivity contribution in [2.75, 3.05) is 20.1 Å². The smallest absolute Gasteiger partial charge is 0.0488 e. The van der Waals surface area contributed by atoms with E-state index in [0.717, 1.165) is 13.1 Å². The maximum absolute atomic E-state index is 2.61. The Morgan fingerprint density at radius 2 is 1.59 bits per heavy atom. The Bertz CT molecular complexity index is 642. The Labute approximate surface area is 133 Å². The molecule has 4 rings (SSSR count). The highest BCUT2D eigenvalue weighted by atomic mass is 15.2. The lowest BCUT2D eigenvalue weighted by Crippen LogP contribution is -2.48. The molecule has 0 N–H and O–H groups in total. The van der Waals surface area contributed by atoms with Crippen LogP contribution in [0.5, 0.6) is 0 Å². The second kappa shape index (κ2) is 5.53. The van der Waals surface area contributed by atoms with E-state index in [1.54, 1.807) is 5.56 Å². The Balaban J connectivity index is 1.50. The number of rotatable bonds is 2. The summed E-state index contributed by atoms with van der Waals surface area (Å²) in [6.45, 7) is 4.57. The van der Waals surface area contributed by atoms with Gasteiger partial charge in [-0.3, -0.25) is 9.80 Å². The maximum atomic E-state index is 2.61. The average Bonchev–Trinajstić information content (AvgIpc) is 2.83. The Hall–Kier alpha value is -1.64. The van der Waals surface area contributed by atoms with Crippen molar-refractivity contribution in [3.63, 3.8) is 0 Å². The van der Waals surface area contributed by atoms with E-state index in [-0.39, 0.29) is 5.54 Å². The number of hydrogen-bond acceptors (Lipinski definition) is 2. The molecule has 2 heterocycles. The molecule has 1 saturated heterocycles. The number of nitrogens with zero attached hydrogens (tertiary/aromatic N) is 2. The van der Waals surface area contributed by atoms with Gasteiger partial charge in [0.15, 0.2) is 0 Å². The van der Waals surface area contributed by atoms with Crippen LogP contribution in [0.1, 0.15) is 29.5 Å². The molecule has 22 heavy (non-hydrogen) atoms. The second-order valence-corrected chi connectivity index (χ2v) is 6.81. The van der Waals surface area contributed by atoms with Crippen LogP contribution in [0.3, 0.4) is 0 Å². The number of benzene rings is 2. The van der Waals surface area contributed by atoms with Crippen molar-refractivity contribution in [1.29, 1.82) is 0 Å². The summed E-state index contributed by atoms with van der Waals surface area (Å²) in [5, 5.41) is 0. The number of hydrogen-bond donors (Lipinski definition) is 0. The van der Waals surface area contributed by atoms with Crippen molar-refractivity contribution >= 4 is 0 Å². The highest BCUT2D eigenvalue weighted by Crippen LogP contribution is 2.45. The van der Waals surface area contributed by atoms with Gasteiger partial charge in [0.2, 0.25) is 0 Å². The molecule has 114 valence electrons. The molecule has 2 aromatic carbocycles. The zero-order valence-electron chi connectivity index (χ0n) is 13.3. The Morgan fingerprint density at radius 1 is 0.909 bits per heavy atom. The lowest BCUT2D eigenvalue weighted by Gasteiger charge is -2.44. The molecule has 0 aromatic heterocycles. The van der Waals surface area contributed by atoms with Crippen molar-refractivity contribution in [3.05, 3.63) is 71.3 Å². The first-order chi connectivity index (χ1) is 10.8. The molecular weight excluding hydrogens is 268 g/mol. The molecular formula is C20H24N2. The maximum Gasteiger partial charge on any atom is 0.0488 e. The summed E-state index contributed by atoms with van der Waals surface area (Å²) in [5.41, 5.74) is 4.82. The molecule has 1 fully saturated rings. The summed E-state index contributed by atoms with van der Waals surface area (Å²) in [6.07, 6.45) is 2.49. The summed E-state index contributed by atoms with van der Waals surface area (Å²) in [5.74, 6) is 0. The van der Waals surface area contributed by atoms with Crippen LogP contribution in [0.2, 0.25) is 0 Å². The van der Waals surface area contributed by atoms with Gasteiger partial charge in [-0.25, -0.2) is 0 Å². The van der Waals surface area contributed by atoms with E-state index in [1.165, 1.54) is 37.1 Å². The van der Waals surface area contributed by atoms with E-state index in [9.17, 15) is 0 Å². The Kier molecular flexibility index (Phi) is 3.51. The van der Waals surface area contributed by atoms with Gasteiger partial charge in [0.1, 0.15) is 0 Å². The zero-order chi connectivity index (χ0) is 15.0. The van der Waals surface area contributed by atoms with Gasteiger partial charge >= 0.3 is 0 Å². The molecule has 0 unspecified atom stereocenters. The van der Waals surface area contributed by atoms with Crippen LogP contribution < -0.4 is 0 Å². The summed E-state index contributed by atoms with van der Waals surface area (Å²) < 4.78 is 0. The molecule has 2 aliphatic heterocycles. The van der Waals surface area contributed by atoms with Crippen LogP contribution in [0.25, 0.3) is 0 Å². The fraction of sp³-hybridized carbons (Fsp3) is 0.400. The summed E-state index contributed by atoms with van der Waals surface area (Å²) in [6, 6.07) is 19.9. The summed E-state index contributed by atoms with van der Waals surface area (Å²) in [7, 11) is 2.30. The van der Waals surface area contributed by atoms with E-state index in [1.807, 2.05) is 0 Å². The molecule has 0 aliphatic carbocycles. The first kappa shape index (κ1) is 14.0. The highest BCUT2D eigenvalue weighted by molar-refractivity contribution is 5.38. The lowest BCUT2D eigenvalue weighted by molar-refractivity contribution is 0.0451. The van der Waals surface area contributed by atoms with E-state index in [4.69, 9.17) is 0 Å².